The number of aryl methyl sites for hydroxylation is 1. The average molecular weight is 396 g/mol. The lowest BCUT2D eigenvalue weighted by Crippen LogP contribution is -2.40. The van der Waals surface area contributed by atoms with E-state index in [-0.39, 0.29) is 11.8 Å². The van der Waals surface area contributed by atoms with Crippen LogP contribution in [0.3, 0.4) is 0 Å². The zero-order valence-electron chi connectivity index (χ0n) is 16.7. The summed E-state index contributed by atoms with van der Waals surface area (Å²) in [5.41, 5.74) is 2.53. The highest BCUT2D eigenvalue weighted by atomic mass is 19.1. The van der Waals surface area contributed by atoms with Crippen molar-refractivity contribution in [2.75, 3.05) is 25.0 Å². The van der Waals surface area contributed by atoms with E-state index in [2.05, 4.69) is 25.3 Å². The highest BCUT2D eigenvalue weighted by Gasteiger charge is 2.26. The first-order valence-corrected chi connectivity index (χ1v) is 9.91. The Labute approximate surface area is 168 Å². The standard InChI is InChI=1S/C21H25FN6O/c1-14(22)12-28-7-5-15(6-8-28)21(29)26-20-9-19-16(10-23-20)3-4-18(25-19)17-11-24-27(2)13-17/h3-4,9-11,13-15H,5-8,12H2,1-2H3,(H,23,26,29)/t14-/m1/s1. The van der Waals surface area contributed by atoms with Crippen LogP contribution in [0.5, 0.6) is 0 Å². The van der Waals surface area contributed by atoms with E-state index in [1.165, 1.54) is 0 Å². The second-order valence-electron chi connectivity index (χ2n) is 7.71. The van der Waals surface area contributed by atoms with Crippen molar-refractivity contribution in [1.29, 1.82) is 0 Å². The molecule has 1 saturated heterocycles. The van der Waals surface area contributed by atoms with Gasteiger partial charge in [0, 0.05) is 48.9 Å². The predicted molar refractivity (Wildman–Crippen MR) is 110 cm³/mol. The molecule has 1 amide bonds. The molecular formula is C21H25FN6O. The summed E-state index contributed by atoms with van der Waals surface area (Å²) in [6.07, 6.45) is 6.02. The van der Waals surface area contributed by atoms with Crippen LogP contribution in [0.15, 0.2) is 36.8 Å². The van der Waals surface area contributed by atoms with Gasteiger partial charge in [0.25, 0.3) is 0 Å². The molecule has 1 atom stereocenters. The maximum Gasteiger partial charge on any atom is 0.228 e. The van der Waals surface area contributed by atoms with Crippen LogP contribution in [0.2, 0.25) is 0 Å². The third kappa shape index (κ3) is 4.59. The Balaban J connectivity index is 1.44. The maximum atomic E-state index is 13.2. The summed E-state index contributed by atoms with van der Waals surface area (Å²) < 4.78 is 14.9. The molecule has 4 rings (SSSR count). The van der Waals surface area contributed by atoms with Gasteiger partial charge >= 0.3 is 0 Å². The van der Waals surface area contributed by atoms with E-state index >= 15 is 0 Å². The molecule has 0 unspecified atom stereocenters. The molecule has 1 aliphatic rings. The molecule has 3 aromatic heterocycles. The van der Waals surface area contributed by atoms with Gasteiger partial charge in [-0.1, -0.05) is 0 Å². The minimum absolute atomic E-state index is 0.0341. The van der Waals surface area contributed by atoms with Crippen molar-refractivity contribution in [3.8, 4) is 11.3 Å². The monoisotopic (exact) mass is 396 g/mol. The Morgan fingerprint density at radius 1 is 1.31 bits per heavy atom. The van der Waals surface area contributed by atoms with Crippen LogP contribution in [-0.4, -0.2) is 56.4 Å². The molecule has 1 fully saturated rings. The number of alkyl halides is 1. The molecule has 0 saturated carbocycles. The second kappa shape index (κ2) is 8.24. The number of halogens is 1. The van der Waals surface area contributed by atoms with E-state index in [1.54, 1.807) is 30.1 Å². The Morgan fingerprint density at radius 3 is 2.79 bits per heavy atom. The van der Waals surface area contributed by atoms with E-state index < -0.39 is 6.17 Å². The number of likely N-dealkylation sites (tertiary alicyclic amines) is 1. The van der Waals surface area contributed by atoms with Crippen molar-refractivity contribution in [2.24, 2.45) is 13.0 Å². The number of fused-ring (bicyclic) bond motifs is 1. The number of carbonyl (C=O) groups is 1. The van der Waals surface area contributed by atoms with Crippen molar-refractivity contribution in [1.82, 2.24) is 24.6 Å². The van der Waals surface area contributed by atoms with Crippen LogP contribution in [0, 0.1) is 5.92 Å². The Hall–Kier alpha value is -2.87. The summed E-state index contributed by atoms with van der Waals surface area (Å²) in [4.78, 5) is 23.8. The number of hydrogen-bond donors (Lipinski definition) is 1. The predicted octanol–water partition coefficient (Wildman–Crippen LogP) is 3.04. The molecular weight excluding hydrogens is 371 g/mol. The molecule has 0 spiro atoms. The van der Waals surface area contributed by atoms with Crippen molar-refractivity contribution in [2.45, 2.75) is 25.9 Å². The average Bonchev–Trinajstić information content (AvgIpc) is 3.14. The van der Waals surface area contributed by atoms with Crippen LogP contribution in [-0.2, 0) is 11.8 Å². The summed E-state index contributed by atoms with van der Waals surface area (Å²) in [5.74, 6) is 0.389. The molecule has 8 heteroatoms. The number of aromatic nitrogens is 4. The molecule has 0 aliphatic carbocycles. The van der Waals surface area contributed by atoms with Crippen molar-refractivity contribution < 1.29 is 9.18 Å². The molecule has 1 N–H and O–H groups in total. The minimum Gasteiger partial charge on any atom is -0.310 e. The number of carbonyl (C=O) groups excluding carboxylic acids is 1. The van der Waals surface area contributed by atoms with Crippen LogP contribution < -0.4 is 5.32 Å². The van der Waals surface area contributed by atoms with Gasteiger partial charge in [0.1, 0.15) is 12.0 Å². The van der Waals surface area contributed by atoms with Gasteiger partial charge in [-0.25, -0.2) is 14.4 Å². The third-order valence-corrected chi connectivity index (χ3v) is 5.29. The molecule has 152 valence electrons. The third-order valence-electron chi connectivity index (χ3n) is 5.29. The number of nitrogens with zero attached hydrogens (tertiary/aromatic N) is 5. The Morgan fingerprint density at radius 2 is 2.10 bits per heavy atom. The zero-order valence-corrected chi connectivity index (χ0v) is 16.7. The van der Waals surface area contributed by atoms with E-state index in [1.807, 2.05) is 25.4 Å². The van der Waals surface area contributed by atoms with Crippen LogP contribution >= 0.6 is 0 Å². The van der Waals surface area contributed by atoms with Gasteiger partial charge in [-0.15, -0.1) is 0 Å². The van der Waals surface area contributed by atoms with Crippen LogP contribution in [0.1, 0.15) is 19.8 Å². The summed E-state index contributed by atoms with van der Waals surface area (Å²) in [5, 5.41) is 8.02. The smallest absolute Gasteiger partial charge is 0.228 e. The normalized spacial score (nSPS) is 16.8. The SMILES string of the molecule is C[C@@H](F)CN1CCC(C(=O)Nc2cc3nc(-c4cnn(C)c4)ccc3cn2)CC1. The quantitative estimate of drug-likeness (QED) is 0.717. The molecule has 7 nitrogen and oxygen atoms in total. The van der Waals surface area contributed by atoms with Crippen molar-refractivity contribution in [3.63, 3.8) is 0 Å². The van der Waals surface area contributed by atoms with Crippen LogP contribution in [0.4, 0.5) is 10.2 Å². The lowest BCUT2D eigenvalue weighted by molar-refractivity contribution is -0.121. The summed E-state index contributed by atoms with van der Waals surface area (Å²) in [7, 11) is 1.87. The topological polar surface area (TPSA) is 75.9 Å². The highest BCUT2D eigenvalue weighted by Crippen LogP contribution is 2.23. The lowest BCUT2D eigenvalue weighted by atomic mass is 9.96. The van der Waals surface area contributed by atoms with Crippen LogP contribution in [0.25, 0.3) is 22.2 Å². The molecule has 0 aromatic carbocycles. The summed E-state index contributed by atoms with van der Waals surface area (Å²) >= 11 is 0. The number of nitrogens with one attached hydrogen (secondary N) is 1. The van der Waals surface area contributed by atoms with Crippen molar-refractivity contribution in [3.05, 3.63) is 36.8 Å². The van der Waals surface area contributed by atoms with Gasteiger partial charge in [0.15, 0.2) is 0 Å². The van der Waals surface area contributed by atoms with Gasteiger partial charge in [-0.2, -0.15) is 5.10 Å². The van der Waals surface area contributed by atoms with Gasteiger partial charge in [0.05, 0.1) is 17.4 Å². The highest BCUT2D eigenvalue weighted by molar-refractivity contribution is 5.93. The number of anilines is 1. The fraction of sp³-hybridized carbons (Fsp3) is 0.429. The van der Waals surface area contributed by atoms with E-state index in [0.29, 0.717) is 12.4 Å². The van der Waals surface area contributed by atoms with Gasteiger partial charge in [0.2, 0.25) is 5.91 Å². The molecule has 0 bridgehead atoms. The largest absolute Gasteiger partial charge is 0.310 e. The number of amides is 1. The van der Waals surface area contributed by atoms with E-state index in [9.17, 15) is 9.18 Å². The van der Waals surface area contributed by atoms with Crippen molar-refractivity contribution >= 4 is 22.6 Å². The number of hydrogen-bond acceptors (Lipinski definition) is 5. The molecule has 0 radical (unpaired) electrons. The fourth-order valence-corrected chi connectivity index (χ4v) is 3.76. The van der Waals surface area contributed by atoms with Gasteiger partial charge in [-0.3, -0.25) is 9.48 Å². The maximum absolute atomic E-state index is 13.2. The lowest BCUT2D eigenvalue weighted by Gasteiger charge is -2.31. The summed E-state index contributed by atoms with van der Waals surface area (Å²) in [6, 6.07) is 5.70. The first-order valence-electron chi connectivity index (χ1n) is 9.91. The van der Waals surface area contributed by atoms with E-state index in [0.717, 1.165) is 48.1 Å². The first-order chi connectivity index (χ1) is 14.0. The second-order valence-corrected chi connectivity index (χ2v) is 7.71. The fourth-order valence-electron chi connectivity index (χ4n) is 3.76. The Kier molecular flexibility index (Phi) is 5.53. The molecule has 1 aliphatic heterocycles. The number of piperidine rings is 1. The summed E-state index contributed by atoms with van der Waals surface area (Å²) in [6.45, 7) is 3.49. The molecule has 3 aromatic rings. The van der Waals surface area contributed by atoms with Gasteiger partial charge in [-0.05, 0) is 45.0 Å². The number of rotatable bonds is 5. The molecule has 29 heavy (non-hydrogen) atoms. The molecule has 4 heterocycles. The first kappa shape index (κ1) is 19.4. The number of pyridine rings is 2. The Bertz CT molecular complexity index is 1010. The zero-order chi connectivity index (χ0) is 20.4. The minimum atomic E-state index is -0.841. The van der Waals surface area contributed by atoms with E-state index in [4.69, 9.17) is 0 Å². The van der Waals surface area contributed by atoms with Gasteiger partial charge < -0.3 is 10.2 Å².